The Morgan fingerprint density at radius 3 is 1.65 bits per heavy atom. The minimum atomic E-state index is -4.89. The number of pyridine rings is 1. The maximum Gasteiger partial charge on any atom is 0.417 e. The largest absolute Gasteiger partial charge is 0.417 e. The SMILES string of the molecule is FC(F)(F)c1cccc(C(F)(F)F)c1-c1ccccn1. The highest BCUT2D eigenvalue weighted by atomic mass is 19.4. The zero-order valence-corrected chi connectivity index (χ0v) is 9.76. The molecule has 1 aromatic heterocycles. The second-order valence-corrected chi connectivity index (χ2v) is 3.94. The maximum atomic E-state index is 12.9. The van der Waals surface area contributed by atoms with Crippen LogP contribution in [0.3, 0.4) is 0 Å². The van der Waals surface area contributed by atoms with Crippen molar-refractivity contribution in [3.8, 4) is 11.3 Å². The van der Waals surface area contributed by atoms with Crippen LogP contribution in [0.2, 0.25) is 0 Å². The van der Waals surface area contributed by atoms with Gasteiger partial charge in [0.15, 0.2) is 0 Å². The van der Waals surface area contributed by atoms with E-state index in [2.05, 4.69) is 4.98 Å². The minimum absolute atomic E-state index is 0.368. The van der Waals surface area contributed by atoms with E-state index < -0.39 is 29.0 Å². The van der Waals surface area contributed by atoms with Crippen LogP contribution in [-0.4, -0.2) is 4.98 Å². The van der Waals surface area contributed by atoms with Crippen molar-refractivity contribution >= 4 is 0 Å². The summed E-state index contributed by atoms with van der Waals surface area (Å²) in [5.41, 5.74) is -4.03. The third-order valence-electron chi connectivity index (χ3n) is 2.60. The number of rotatable bonds is 1. The van der Waals surface area contributed by atoms with Crippen molar-refractivity contribution in [2.24, 2.45) is 0 Å². The summed E-state index contributed by atoms with van der Waals surface area (Å²) in [7, 11) is 0. The smallest absolute Gasteiger partial charge is 0.256 e. The summed E-state index contributed by atoms with van der Waals surface area (Å²) in [5.74, 6) is 0. The quantitative estimate of drug-likeness (QED) is 0.689. The first-order valence-corrected chi connectivity index (χ1v) is 5.40. The van der Waals surface area contributed by atoms with Crippen molar-refractivity contribution in [1.82, 2.24) is 4.98 Å². The Hall–Kier alpha value is -2.05. The highest BCUT2D eigenvalue weighted by molar-refractivity contribution is 5.69. The molecule has 0 unspecified atom stereocenters. The van der Waals surface area contributed by atoms with Crippen LogP contribution >= 0.6 is 0 Å². The summed E-state index contributed by atoms with van der Waals surface area (Å²) in [4.78, 5) is 3.60. The third kappa shape index (κ3) is 2.76. The number of hydrogen-bond donors (Lipinski definition) is 0. The molecule has 0 bridgehead atoms. The molecule has 0 aliphatic heterocycles. The fourth-order valence-corrected chi connectivity index (χ4v) is 1.81. The molecule has 0 saturated heterocycles. The van der Waals surface area contributed by atoms with Crippen LogP contribution in [0.4, 0.5) is 26.3 Å². The molecule has 106 valence electrons. The van der Waals surface area contributed by atoms with E-state index in [1.807, 2.05) is 0 Å². The molecule has 1 nitrogen and oxygen atoms in total. The summed E-state index contributed by atoms with van der Waals surface area (Å²) >= 11 is 0. The molecule has 0 radical (unpaired) electrons. The Kier molecular flexibility index (Phi) is 3.45. The van der Waals surface area contributed by atoms with Gasteiger partial charge in [0.05, 0.1) is 16.8 Å². The average Bonchev–Trinajstić information content (AvgIpc) is 2.37. The summed E-state index contributed by atoms with van der Waals surface area (Å²) < 4.78 is 77.4. The molecule has 0 saturated carbocycles. The molecule has 0 aliphatic carbocycles. The summed E-state index contributed by atoms with van der Waals surface area (Å²) in [5, 5.41) is 0. The summed E-state index contributed by atoms with van der Waals surface area (Å²) in [6, 6.07) is 5.80. The molecular weight excluding hydrogens is 284 g/mol. The summed E-state index contributed by atoms with van der Waals surface area (Å²) in [6.07, 6.45) is -8.65. The van der Waals surface area contributed by atoms with Crippen LogP contribution < -0.4 is 0 Å². The first-order valence-electron chi connectivity index (χ1n) is 5.40. The first kappa shape index (κ1) is 14.4. The molecule has 2 rings (SSSR count). The number of nitrogens with zero attached hydrogens (tertiary/aromatic N) is 1. The maximum absolute atomic E-state index is 12.9. The van der Waals surface area contributed by atoms with E-state index in [0.29, 0.717) is 12.1 Å². The van der Waals surface area contributed by atoms with Crippen molar-refractivity contribution in [3.05, 3.63) is 53.7 Å². The van der Waals surface area contributed by atoms with Gasteiger partial charge in [0.1, 0.15) is 0 Å². The Labute approximate surface area is 109 Å². The lowest BCUT2D eigenvalue weighted by Gasteiger charge is -2.18. The van der Waals surface area contributed by atoms with E-state index in [4.69, 9.17) is 0 Å². The highest BCUT2D eigenvalue weighted by Gasteiger charge is 2.41. The van der Waals surface area contributed by atoms with Crippen LogP contribution in [0.15, 0.2) is 42.6 Å². The zero-order valence-electron chi connectivity index (χ0n) is 9.76. The van der Waals surface area contributed by atoms with E-state index in [-0.39, 0.29) is 5.69 Å². The fraction of sp³-hybridized carbons (Fsp3) is 0.154. The lowest BCUT2D eigenvalue weighted by atomic mass is 9.97. The fourth-order valence-electron chi connectivity index (χ4n) is 1.81. The van der Waals surface area contributed by atoms with Gasteiger partial charge in [-0.05, 0) is 24.3 Å². The topological polar surface area (TPSA) is 12.9 Å². The zero-order chi connectivity index (χ0) is 15.0. The van der Waals surface area contributed by atoms with Gasteiger partial charge in [-0.15, -0.1) is 0 Å². The van der Waals surface area contributed by atoms with Crippen LogP contribution in [0.25, 0.3) is 11.3 Å². The first-order chi connectivity index (χ1) is 9.21. The average molecular weight is 291 g/mol. The predicted octanol–water partition coefficient (Wildman–Crippen LogP) is 4.79. The van der Waals surface area contributed by atoms with Crippen LogP contribution in [0.5, 0.6) is 0 Å². The van der Waals surface area contributed by atoms with Crippen molar-refractivity contribution in [2.75, 3.05) is 0 Å². The molecule has 7 heteroatoms. The summed E-state index contributed by atoms with van der Waals surface area (Å²) in [6.45, 7) is 0. The van der Waals surface area contributed by atoms with Gasteiger partial charge in [-0.25, -0.2) is 0 Å². The minimum Gasteiger partial charge on any atom is -0.256 e. The molecule has 1 aromatic carbocycles. The molecule has 0 fully saturated rings. The van der Waals surface area contributed by atoms with Gasteiger partial charge in [-0.2, -0.15) is 26.3 Å². The molecule has 0 aliphatic rings. The lowest BCUT2D eigenvalue weighted by Crippen LogP contribution is -2.14. The molecule has 0 spiro atoms. The van der Waals surface area contributed by atoms with Gasteiger partial charge < -0.3 is 0 Å². The predicted molar refractivity (Wildman–Crippen MR) is 59.7 cm³/mol. The van der Waals surface area contributed by atoms with Gasteiger partial charge in [0.2, 0.25) is 0 Å². The van der Waals surface area contributed by atoms with Crippen LogP contribution in [0.1, 0.15) is 11.1 Å². The van der Waals surface area contributed by atoms with Crippen molar-refractivity contribution in [2.45, 2.75) is 12.4 Å². The Bertz CT molecular complexity index is 568. The van der Waals surface area contributed by atoms with Gasteiger partial charge in [-0.3, -0.25) is 4.98 Å². The van der Waals surface area contributed by atoms with E-state index >= 15 is 0 Å². The van der Waals surface area contributed by atoms with Gasteiger partial charge >= 0.3 is 12.4 Å². The van der Waals surface area contributed by atoms with Crippen LogP contribution in [-0.2, 0) is 12.4 Å². The number of aromatic nitrogens is 1. The lowest BCUT2D eigenvalue weighted by molar-refractivity contribution is -0.142. The van der Waals surface area contributed by atoms with Crippen LogP contribution in [0, 0.1) is 0 Å². The molecule has 0 N–H and O–H groups in total. The Morgan fingerprint density at radius 2 is 1.25 bits per heavy atom. The van der Waals surface area contributed by atoms with E-state index in [1.165, 1.54) is 12.1 Å². The van der Waals surface area contributed by atoms with Crippen molar-refractivity contribution < 1.29 is 26.3 Å². The molecule has 2 aromatic rings. The molecular formula is C13H7F6N. The molecule has 20 heavy (non-hydrogen) atoms. The van der Waals surface area contributed by atoms with E-state index in [1.54, 1.807) is 0 Å². The van der Waals surface area contributed by atoms with E-state index in [9.17, 15) is 26.3 Å². The second-order valence-electron chi connectivity index (χ2n) is 3.94. The van der Waals surface area contributed by atoms with Crippen molar-refractivity contribution in [3.63, 3.8) is 0 Å². The number of halogens is 6. The Morgan fingerprint density at radius 1 is 0.700 bits per heavy atom. The standard InChI is InChI=1S/C13H7F6N/c14-12(15,16)8-4-3-5-9(13(17,18)19)11(8)10-6-1-2-7-20-10/h1-7H. The number of alkyl halides is 6. The normalized spacial score (nSPS) is 12.5. The number of hydrogen-bond acceptors (Lipinski definition) is 1. The number of benzene rings is 1. The van der Waals surface area contributed by atoms with Gasteiger partial charge in [-0.1, -0.05) is 12.1 Å². The van der Waals surface area contributed by atoms with Gasteiger partial charge in [0, 0.05) is 11.8 Å². The highest BCUT2D eigenvalue weighted by Crippen LogP contribution is 2.43. The molecule has 1 heterocycles. The Balaban J connectivity index is 2.80. The third-order valence-corrected chi connectivity index (χ3v) is 2.60. The monoisotopic (exact) mass is 291 g/mol. The second kappa shape index (κ2) is 4.81. The van der Waals surface area contributed by atoms with Gasteiger partial charge in [0.25, 0.3) is 0 Å². The van der Waals surface area contributed by atoms with Crippen molar-refractivity contribution in [1.29, 1.82) is 0 Å². The van der Waals surface area contributed by atoms with E-state index in [0.717, 1.165) is 18.3 Å². The molecule has 0 atom stereocenters. The molecule has 0 amide bonds.